The van der Waals surface area contributed by atoms with Gasteiger partial charge in [-0.05, 0) is 69.1 Å². The molecule has 0 unspecified atom stereocenters. The SMILES string of the molecule is COC(=O)CCCCN1C(=O)[C@]2(O[C@H](CC(=O)N3CCC[C@H]3CO)[C@@H]([Si](C)(C)F)[C@@H]2C)c2cc(NC(=O)c3ccccc3)ccc21. The smallest absolute Gasteiger partial charge is 0.305 e. The summed E-state index contributed by atoms with van der Waals surface area (Å²) in [4.78, 5) is 56.2. The number of benzene rings is 2. The maximum atomic E-state index is 16.3. The van der Waals surface area contributed by atoms with Gasteiger partial charge in [0.15, 0.2) is 5.60 Å². The number of hydrogen-bond acceptors (Lipinski definition) is 7. The van der Waals surface area contributed by atoms with Gasteiger partial charge in [0.25, 0.3) is 11.8 Å². The standard InChI is InChI=1S/C34H44FN3O7Si/c1-22-31(46(3,4)35)28(20-29(40)37-18-10-13-25(37)21-39)45-34(22)26-19-24(36-32(42)23-11-6-5-7-12-23)15-16-27(26)38(33(34)43)17-9-8-14-30(41)44-2/h5-7,11-12,15-16,19,22,25,28,31,39H,8-10,13-14,17-18,20-21H2,1-4H3,(H,36,42)/t22-,25-,28+,31-,34+/m0/s1. The molecule has 2 saturated heterocycles. The van der Waals surface area contributed by atoms with Gasteiger partial charge < -0.3 is 33.8 Å². The van der Waals surface area contributed by atoms with Crippen LogP contribution in [-0.2, 0) is 29.5 Å². The maximum Gasteiger partial charge on any atom is 0.305 e. The highest BCUT2D eigenvalue weighted by Crippen LogP contribution is 2.60. The monoisotopic (exact) mass is 653 g/mol. The first kappa shape index (κ1) is 33.7. The van der Waals surface area contributed by atoms with Crippen molar-refractivity contribution < 1.29 is 37.9 Å². The first-order chi connectivity index (χ1) is 21.9. The molecule has 0 bridgehead atoms. The van der Waals surface area contributed by atoms with E-state index in [4.69, 9.17) is 9.47 Å². The highest BCUT2D eigenvalue weighted by molar-refractivity contribution is 6.72. The third-order valence-corrected chi connectivity index (χ3v) is 12.2. The molecule has 0 radical (unpaired) electrons. The zero-order chi connectivity index (χ0) is 33.2. The van der Waals surface area contributed by atoms with E-state index in [1.165, 1.54) is 7.11 Å². The number of nitrogens with one attached hydrogen (secondary N) is 1. The Balaban J connectivity index is 1.51. The molecule has 10 nitrogen and oxygen atoms in total. The fourth-order valence-corrected chi connectivity index (χ4v) is 10.1. The van der Waals surface area contributed by atoms with Crippen LogP contribution < -0.4 is 10.2 Å². The number of halogens is 1. The molecule has 0 aromatic heterocycles. The van der Waals surface area contributed by atoms with Crippen molar-refractivity contribution in [2.45, 2.75) is 81.8 Å². The number of methoxy groups -OCH3 is 1. The number of hydrogen-bond donors (Lipinski definition) is 2. The van der Waals surface area contributed by atoms with E-state index in [1.54, 1.807) is 65.4 Å². The van der Waals surface area contributed by atoms with Gasteiger partial charge in [-0.25, -0.2) is 0 Å². The number of rotatable bonds is 11. The van der Waals surface area contributed by atoms with Crippen molar-refractivity contribution >= 4 is 43.5 Å². The van der Waals surface area contributed by atoms with Crippen LogP contribution in [0.2, 0.25) is 18.6 Å². The van der Waals surface area contributed by atoms with E-state index in [0.717, 1.165) is 6.42 Å². The minimum absolute atomic E-state index is 0.0974. The molecule has 2 N–H and O–H groups in total. The average molecular weight is 654 g/mol. The number of fused-ring (bicyclic) bond motifs is 2. The Labute approximate surface area is 270 Å². The molecule has 1 spiro atoms. The Morgan fingerprint density at radius 1 is 1.15 bits per heavy atom. The lowest BCUT2D eigenvalue weighted by molar-refractivity contribution is -0.150. The van der Waals surface area contributed by atoms with E-state index in [2.05, 4.69) is 5.32 Å². The first-order valence-electron chi connectivity index (χ1n) is 16.1. The van der Waals surface area contributed by atoms with E-state index in [-0.39, 0.29) is 49.2 Å². The summed E-state index contributed by atoms with van der Waals surface area (Å²) in [7, 11) is -2.18. The number of carbonyl (C=O) groups excluding carboxylic acids is 4. The molecule has 2 aromatic carbocycles. The molecule has 3 aliphatic rings. The molecule has 5 atom stereocenters. The van der Waals surface area contributed by atoms with Crippen LogP contribution in [0.4, 0.5) is 15.5 Å². The van der Waals surface area contributed by atoms with Crippen molar-refractivity contribution in [3.63, 3.8) is 0 Å². The predicted octanol–water partition coefficient (Wildman–Crippen LogP) is 4.78. The van der Waals surface area contributed by atoms with Crippen LogP contribution in [-0.4, -0.2) is 81.1 Å². The molecular formula is C34H44FN3O7Si. The molecule has 3 heterocycles. The lowest BCUT2D eigenvalue weighted by Crippen LogP contribution is -2.45. The molecule has 2 aromatic rings. The van der Waals surface area contributed by atoms with Crippen molar-refractivity contribution in [2.75, 3.05) is 37.0 Å². The minimum Gasteiger partial charge on any atom is -0.469 e. The Hall–Kier alpha value is -3.61. The number of anilines is 2. The van der Waals surface area contributed by atoms with Gasteiger partial charge in [0, 0.05) is 47.8 Å². The summed E-state index contributed by atoms with van der Waals surface area (Å²) in [5, 5.41) is 12.7. The fourth-order valence-electron chi connectivity index (χ4n) is 7.62. The summed E-state index contributed by atoms with van der Waals surface area (Å²) >= 11 is 0. The Bertz CT molecular complexity index is 1470. The Morgan fingerprint density at radius 2 is 1.89 bits per heavy atom. The zero-order valence-electron chi connectivity index (χ0n) is 27.0. The van der Waals surface area contributed by atoms with Gasteiger partial charge in [-0.3, -0.25) is 19.2 Å². The minimum atomic E-state index is -3.52. The van der Waals surface area contributed by atoms with Crippen LogP contribution in [0.3, 0.4) is 0 Å². The molecule has 46 heavy (non-hydrogen) atoms. The van der Waals surface area contributed by atoms with E-state index < -0.39 is 31.6 Å². The average Bonchev–Trinajstić information content (AvgIpc) is 3.69. The number of amides is 3. The van der Waals surface area contributed by atoms with E-state index in [1.807, 2.05) is 13.0 Å². The fraction of sp³-hybridized carbons (Fsp3) is 0.529. The van der Waals surface area contributed by atoms with Crippen LogP contribution in [0.15, 0.2) is 48.5 Å². The van der Waals surface area contributed by atoms with E-state index in [0.29, 0.717) is 54.9 Å². The van der Waals surface area contributed by atoms with Gasteiger partial charge in [-0.15, -0.1) is 0 Å². The molecular weight excluding hydrogens is 609 g/mol. The third-order valence-electron chi connectivity index (χ3n) is 9.78. The number of esters is 1. The summed E-state index contributed by atoms with van der Waals surface area (Å²) in [6.45, 7) is 5.67. The number of unbranched alkanes of at least 4 members (excludes halogenated alkanes) is 1. The third kappa shape index (κ3) is 6.34. The Kier molecular flexibility index (Phi) is 9.99. The molecule has 12 heteroatoms. The summed E-state index contributed by atoms with van der Waals surface area (Å²) in [5.41, 5.74) is -0.200. The van der Waals surface area contributed by atoms with Crippen LogP contribution >= 0.6 is 0 Å². The van der Waals surface area contributed by atoms with Gasteiger partial charge >= 0.3 is 5.97 Å². The van der Waals surface area contributed by atoms with Crippen LogP contribution in [0.25, 0.3) is 0 Å². The molecule has 3 amide bonds. The van der Waals surface area contributed by atoms with Gasteiger partial charge in [-0.2, -0.15) is 0 Å². The molecule has 5 rings (SSSR count). The van der Waals surface area contributed by atoms with Crippen molar-refractivity contribution in [3.05, 3.63) is 59.7 Å². The summed E-state index contributed by atoms with van der Waals surface area (Å²) in [6.07, 6.45) is 1.77. The molecule has 0 aliphatic carbocycles. The van der Waals surface area contributed by atoms with Gasteiger partial charge in [-0.1, -0.05) is 25.1 Å². The second kappa shape index (κ2) is 13.6. The predicted molar refractivity (Wildman–Crippen MR) is 174 cm³/mol. The topological polar surface area (TPSA) is 125 Å². The second-order valence-electron chi connectivity index (χ2n) is 13.1. The van der Waals surface area contributed by atoms with Crippen LogP contribution in [0, 0.1) is 5.92 Å². The quantitative estimate of drug-likeness (QED) is 0.155. The number of carbonyl (C=O) groups is 4. The highest BCUT2D eigenvalue weighted by atomic mass is 28.4. The van der Waals surface area contributed by atoms with Crippen LogP contribution in [0.1, 0.15) is 61.4 Å². The van der Waals surface area contributed by atoms with Crippen molar-refractivity contribution in [1.29, 1.82) is 0 Å². The van der Waals surface area contributed by atoms with Crippen LogP contribution in [0.5, 0.6) is 0 Å². The van der Waals surface area contributed by atoms with Gasteiger partial charge in [0.1, 0.15) is 0 Å². The number of likely N-dealkylation sites (tertiary alicyclic amines) is 1. The lowest BCUT2D eigenvalue weighted by atomic mass is 9.82. The van der Waals surface area contributed by atoms with Crippen molar-refractivity contribution in [3.8, 4) is 0 Å². The van der Waals surface area contributed by atoms with Gasteiger partial charge in [0.05, 0.1) is 38.0 Å². The molecule has 3 aliphatic heterocycles. The second-order valence-corrected chi connectivity index (χ2v) is 16.9. The normalized spacial score (nSPS) is 25.7. The summed E-state index contributed by atoms with van der Waals surface area (Å²) in [6, 6.07) is 13.7. The number of nitrogens with zero attached hydrogens (tertiary/aromatic N) is 2. The summed E-state index contributed by atoms with van der Waals surface area (Å²) in [5.74, 6) is -1.82. The number of ether oxygens (including phenoxy) is 2. The van der Waals surface area contributed by atoms with Crippen molar-refractivity contribution in [1.82, 2.24) is 4.90 Å². The maximum absolute atomic E-state index is 16.3. The van der Waals surface area contributed by atoms with E-state index >= 15 is 4.11 Å². The zero-order valence-corrected chi connectivity index (χ0v) is 28.0. The number of aliphatic hydroxyl groups excluding tert-OH is 1. The lowest BCUT2D eigenvalue weighted by Gasteiger charge is -2.31. The van der Waals surface area contributed by atoms with Gasteiger partial charge in [0.2, 0.25) is 14.3 Å². The number of aliphatic hydroxyl groups is 1. The highest BCUT2D eigenvalue weighted by Gasteiger charge is 2.67. The molecule has 248 valence electrons. The molecule has 2 fully saturated rings. The first-order valence-corrected chi connectivity index (χ1v) is 19.0. The molecule has 0 saturated carbocycles. The largest absolute Gasteiger partial charge is 0.469 e. The van der Waals surface area contributed by atoms with E-state index in [9.17, 15) is 24.3 Å². The Morgan fingerprint density at radius 3 is 2.57 bits per heavy atom. The van der Waals surface area contributed by atoms with Crippen molar-refractivity contribution in [2.24, 2.45) is 5.92 Å². The summed E-state index contributed by atoms with van der Waals surface area (Å²) < 4.78 is 27.8.